The third-order valence-corrected chi connectivity index (χ3v) is 7.99. The fourth-order valence-electron chi connectivity index (χ4n) is 5.71. The van der Waals surface area contributed by atoms with Crippen molar-refractivity contribution in [3.8, 4) is 17.6 Å². The Hall–Kier alpha value is -4.53. The van der Waals surface area contributed by atoms with Gasteiger partial charge in [0, 0.05) is 43.3 Å². The van der Waals surface area contributed by atoms with Gasteiger partial charge in [-0.25, -0.2) is 0 Å². The van der Waals surface area contributed by atoms with Crippen LogP contribution in [0.15, 0.2) is 72.9 Å². The van der Waals surface area contributed by atoms with Crippen molar-refractivity contribution in [2.24, 2.45) is 0 Å². The number of alkyl halides is 3. The van der Waals surface area contributed by atoms with Gasteiger partial charge in [0.15, 0.2) is 11.5 Å². The molecule has 1 fully saturated rings. The molecule has 4 aromatic rings. The Morgan fingerprint density at radius 3 is 2.39 bits per heavy atom. The highest BCUT2D eigenvalue weighted by Gasteiger charge is 2.57. The molecule has 0 saturated carbocycles. The molecule has 1 atom stereocenters. The largest absolute Gasteiger partial charge is 0.493 e. The molecule has 3 aromatic carbocycles. The predicted molar refractivity (Wildman–Crippen MR) is 157 cm³/mol. The molecule has 44 heavy (non-hydrogen) atoms. The number of hydrogen-bond donors (Lipinski definition) is 2. The van der Waals surface area contributed by atoms with Crippen LogP contribution in [0.4, 0.5) is 13.2 Å². The molecule has 2 heterocycles. The van der Waals surface area contributed by atoms with E-state index in [2.05, 4.69) is 0 Å². The van der Waals surface area contributed by atoms with E-state index in [9.17, 15) is 28.3 Å². The molecule has 8 nitrogen and oxygen atoms in total. The lowest BCUT2D eigenvalue weighted by Crippen LogP contribution is -2.53. The molecule has 11 heteroatoms. The molecule has 0 spiro atoms. The highest BCUT2D eigenvalue weighted by atomic mass is 19.4. The number of carboxylic acid groups (broad SMARTS) is 1. The van der Waals surface area contributed by atoms with Crippen LogP contribution >= 0.6 is 0 Å². The lowest BCUT2D eigenvalue weighted by Gasteiger charge is -2.39. The van der Waals surface area contributed by atoms with Gasteiger partial charge >= 0.3 is 12.1 Å². The van der Waals surface area contributed by atoms with Crippen molar-refractivity contribution in [2.75, 3.05) is 26.7 Å². The molecular formula is C33H32F3N3O5. The lowest BCUT2D eigenvalue weighted by molar-refractivity contribution is -0.272. The van der Waals surface area contributed by atoms with E-state index < -0.39 is 24.3 Å². The van der Waals surface area contributed by atoms with Crippen LogP contribution in [0.1, 0.15) is 35.1 Å². The summed E-state index contributed by atoms with van der Waals surface area (Å²) in [5, 5.41) is 30.2. The van der Waals surface area contributed by atoms with Crippen molar-refractivity contribution in [3.05, 3.63) is 95.2 Å². The summed E-state index contributed by atoms with van der Waals surface area (Å²) in [5.74, 6) is -0.168. The Labute approximate surface area is 252 Å². The van der Waals surface area contributed by atoms with Gasteiger partial charge in [0.2, 0.25) is 5.60 Å². The highest BCUT2D eigenvalue weighted by molar-refractivity contribution is 5.86. The molecule has 230 valence electrons. The minimum atomic E-state index is -4.98. The predicted octanol–water partition coefficient (Wildman–Crippen LogP) is 5.49. The monoisotopic (exact) mass is 607 g/mol. The van der Waals surface area contributed by atoms with Crippen LogP contribution in [0.2, 0.25) is 0 Å². The molecular weight excluding hydrogens is 575 g/mol. The van der Waals surface area contributed by atoms with E-state index in [1.165, 1.54) is 25.4 Å². The Balaban J connectivity index is 1.36. The second kappa shape index (κ2) is 12.6. The van der Waals surface area contributed by atoms with Crippen molar-refractivity contribution in [3.63, 3.8) is 0 Å². The van der Waals surface area contributed by atoms with Gasteiger partial charge < -0.3 is 24.3 Å². The molecule has 1 saturated heterocycles. The zero-order valence-electron chi connectivity index (χ0n) is 24.1. The first-order valence-electron chi connectivity index (χ1n) is 14.1. The van der Waals surface area contributed by atoms with Crippen molar-refractivity contribution >= 4 is 16.9 Å². The second-order valence-corrected chi connectivity index (χ2v) is 11.0. The molecule has 0 bridgehead atoms. The van der Waals surface area contributed by atoms with E-state index in [4.69, 9.17) is 14.6 Å². The maximum Gasteiger partial charge on any atom is 0.422 e. The first-order valence-corrected chi connectivity index (χ1v) is 14.1. The van der Waals surface area contributed by atoms with E-state index in [0.717, 1.165) is 5.56 Å². The van der Waals surface area contributed by atoms with Gasteiger partial charge in [0.25, 0.3) is 0 Å². The number of benzene rings is 3. The standard InChI is InChI=1S/C33H32F3N3O5/c1-43-30-16-23(17-31(40)41)8-10-29(30)44-25-11-13-38(14-12-25)21-32(42,33(34,35)36)27-20-39(19-22-5-3-2-4-6-22)28-15-24(18-37)7-9-26(27)28/h2-10,15-16,20,25,42H,11-14,17,19,21H2,1H3,(H,40,41). The van der Waals surface area contributed by atoms with Gasteiger partial charge in [-0.3, -0.25) is 9.69 Å². The molecule has 1 aromatic heterocycles. The van der Waals surface area contributed by atoms with Crippen LogP contribution in [-0.4, -0.2) is 64.7 Å². The molecule has 0 aliphatic carbocycles. The minimum Gasteiger partial charge on any atom is -0.493 e. The zero-order chi connectivity index (χ0) is 31.5. The van der Waals surface area contributed by atoms with Crippen LogP contribution in [0.5, 0.6) is 11.5 Å². The van der Waals surface area contributed by atoms with E-state index in [0.29, 0.717) is 41.0 Å². The number of methoxy groups -OCH3 is 1. The molecule has 2 N–H and O–H groups in total. The molecule has 1 aliphatic rings. The lowest BCUT2D eigenvalue weighted by atomic mass is 9.90. The minimum absolute atomic E-state index is 0.165. The Kier molecular flexibility index (Phi) is 8.85. The fraction of sp³-hybridized carbons (Fsp3) is 0.333. The summed E-state index contributed by atoms with van der Waals surface area (Å²) in [7, 11) is 1.45. The number of rotatable bonds is 10. The summed E-state index contributed by atoms with van der Waals surface area (Å²) in [4.78, 5) is 12.6. The number of likely N-dealkylation sites (tertiary alicyclic amines) is 1. The molecule has 0 amide bonds. The number of β-amino-alcohol motifs (C(OH)–C–C–N with tert-alkyl or cyclic N) is 1. The summed E-state index contributed by atoms with van der Waals surface area (Å²) >= 11 is 0. The molecule has 5 rings (SSSR count). The van der Waals surface area contributed by atoms with E-state index in [1.807, 2.05) is 36.4 Å². The number of piperidine rings is 1. The number of aliphatic hydroxyl groups is 1. The average molecular weight is 608 g/mol. The van der Waals surface area contributed by atoms with Gasteiger partial charge in [-0.15, -0.1) is 0 Å². The third kappa shape index (κ3) is 6.51. The van der Waals surface area contributed by atoms with Crippen molar-refractivity contribution in [1.82, 2.24) is 9.47 Å². The molecule has 1 unspecified atom stereocenters. The van der Waals surface area contributed by atoms with Crippen molar-refractivity contribution < 1.29 is 37.7 Å². The number of halogens is 3. The zero-order valence-corrected chi connectivity index (χ0v) is 24.1. The summed E-state index contributed by atoms with van der Waals surface area (Å²) < 4.78 is 57.5. The number of carboxylic acids is 1. The van der Waals surface area contributed by atoms with Gasteiger partial charge in [-0.1, -0.05) is 42.5 Å². The second-order valence-electron chi connectivity index (χ2n) is 11.0. The average Bonchev–Trinajstić information content (AvgIpc) is 3.36. The van der Waals surface area contributed by atoms with Crippen LogP contribution in [-0.2, 0) is 23.4 Å². The molecule has 1 aliphatic heterocycles. The van der Waals surface area contributed by atoms with Crippen LogP contribution in [0.25, 0.3) is 10.9 Å². The van der Waals surface area contributed by atoms with Gasteiger partial charge in [-0.2, -0.15) is 18.4 Å². The number of fused-ring (bicyclic) bond motifs is 1. The summed E-state index contributed by atoms with van der Waals surface area (Å²) in [5.41, 5.74) is -1.27. The maximum atomic E-state index is 14.8. The highest BCUT2D eigenvalue weighted by Crippen LogP contribution is 2.44. The number of carbonyl (C=O) groups is 1. The van der Waals surface area contributed by atoms with E-state index in [-0.39, 0.29) is 43.1 Å². The number of nitrogens with zero attached hydrogens (tertiary/aromatic N) is 3. The summed E-state index contributed by atoms with van der Waals surface area (Å²) in [6.07, 6.45) is -3.28. The molecule has 0 radical (unpaired) electrons. The third-order valence-electron chi connectivity index (χ3n) is 7.99. The van der Waals surface area contributed by atoms with Crippen LogP contribution in [0.3, 0.4) is 0 Å². The Morgan fingerprint density at radius 1 is 1.02 bits per heavy atom. The number of aromatic nitrogens is 1. The topological polar surface area (TPSA) is 108 Å². The van der Waals surface area contributed by atoms with Crippen LogP contribution < -0.4 is 9.47 Å². The maximum absolute atomic E-state index is 14.8. The summed E-state index contributed by atoms with van der Waals surface area (Å²) in [6.45, 7) is 0.109. The number of aliphatic carboxylic acids is 1. The summed E-state index contributed by atoms with van der Waals surface area (Å²) in [6, 6.07) is 20.6. The normalized spacial score (nSPS) is 15.9. The Morgan fingerprint density at radius 2 is 1.75 bits per heavy atom. The van der Waals surface area contributed by atoms with Crippen molar-refractivity contribution in [2.45, 2.75) is 43.7 Å². The van der Waals surface area contributed by atoms with Gasteiger partial charge in [-0.05, 0) is 48.2 Å². The SMILES string of the molecule is COc1cc(CC(=O)O)ccc1OC1CCN(CC(O)(c2cn(Cc3ccccc3)c3cc(C#N)ccc23)C(F)(F)F)CC1. The first-order chi connectivity index (χ1) is 21.0. The number of hydrogen-bond acceptors (Lipinski definition) is 6. The van der Waals surface area contributed by atoms with Crippen LogP contribution in [0, 0.1) is 11.3 Å². The van der Waals surface area contributed by atoms with E-state index >= 15 is 0 Å². The smallest absolute Gasteiger partial charge is 0.422 e. The van der Waals surface area contributed by atoms with Gasteiger partial charge in [0.1, 0.15) is 6.10 Å². The first kappa shape index (κ1) is 30.9. The quantitative estimate of drug-likeness (QED) is 0.246. The Bertz CT molecular complexity index is 1670. The van der Waals surface area contributed by atoms with Gasteiger partial charge in [0.05, 0.1) is 30.7 Å². The number of ether oxygens (including phenoxy) is 2. The van der Waals surface area contributed by atoms with E-state index in [1.54, 1.807) is 33.7 Å². The van der Waals surface area contributed by atoms with Crippen molar-refractivity contribution in [1.29, 1.82) is 5.26 Å². The number of nitriles is 1. The fourth-order valence-corrected chi connectivity index (χ4v) is 5.71.